The van der Waals surface area contributed by atoms with E-state index >= 15 is 0 Å². The predicted octanol–water partition coefficient (Wildman–Crippen LogP) is 3.87. The Morgan fingerprint density at radius 1 is 0.963 bits per heavy atom. The van der Waals surface area contributed by atoms with Gasteiger partial charge in [0.15, 0.2) is 5.79 Å². The van der Waals surface area contributed by atoms with Gasteiger partial charge in [-0.15, -0.1) is 0 Å². The lowest BCUT2D eigenvalue weighted by molar-refractivity contribution is -0.184. The second-order valence-electron chi connectivity index (χ2n) is 7.53. The maximum absolute atomic E-state index is 13.4. The van der Waals surface area contributed by atoms with Gasteiger partial charge in [0.1, 0.15) is 5.75 Å². The summed E-state index contributed by atoms with van der Waals surface area (Å²) in [5, 5.41) is 0. The van der Waals surface area contributed by atoms with E-state index in [2.05, 4.69) is 6.07 Å². The molecule has 0 N–H and O–H groups in total. The summed E-state index contributed by atoms with van der Waals surface area (Å²) >= 11 is 0. The standard InChI is InChI=1S/C22H23NO4/c1-25-17-6-4-5-16(15-17)23-20(24)18-7-2-3-8-19(18)21(23)9-11-22(12-10-21)26-13-14-27-22/h2-8,15H,9-14H2,1H3. The number of methoxy groups -OCH3 is 1. The molecule has 5 nitrogen and oxygen atoms in total. The number of carbonyl (C=O) groups is 1. The summed E-state index contributed by atoms with van der Waals surface area (Å²) in [7, 11) is 1.65. The van der Waals surface area contributed by atoms with Crippen molar-refractivity contribution in [2.75, 3.05) is 25.2 Å². The molecule has 1 aliphatic carbocycles. The Kier molecular flexibility index (Phi) is 3.78. The molecule has 1 amide bonds. The molecule has 140 valence electrons. The number of hydrogen-bond acceptors (Lipinski definition) is 4. The summed E-state index contributed by atoms with van der Waals surface area (Å²) in [4.78, 5) is 15.4. The van der Waals surface area contributed by atoms with Crippen LogP contribution in [0, 0.1) is 0 Å². The molecule has 2 aromatic rings. The molecule has 0 bridgehead atoms. The minimum atomic E-state index is -0.466. The first kappa shape index (κ1) is 16.8. The normalized spacial score (nSPS) is 22.4. The van der Waals surface area contributed by atoms with Gasteiger partial charge in [-0.1, -0.05) is 24.3 Å². The van der Waals surface area contributed by atoms with E-state index in [0.717, 1.165) is 48.2 Å². The topological polar surface area (TPSA) is 48.0 Å². The molecule has 3 aliphatic rings. The van der Waals surface area contributed by atoms with E-state index in [4.69, 9.17) is 14.2 Å². The third kappa shape index (κ3) is 2.42. The van der Waals surface area contributed by atoms with Gasteiger partial charge in [-0.05, 0) is 36.6 Å². The van der Waals surface area contributed by atoms with Crippen LogP contribution in [0.2, 0.25) is 0 Å². The first-order valence-electron chi connectivity index (χ1n) is 9.54. The summed E-state index contributed by atoms with van der Waals surface area (Å²) < 4.78 is 17.3. The van der Waals surface area contributed by atoms with Crippen LogP contribution in [-0.2, 0) is 15.0 Å². The van der Waals surface area contributed by atoms with Crippen molar-refractivity contribution in [2.45, 2.75) is 37.0 Å². The van der Waals surface area contributed by atoms with Crippen molar-refractivity contribution in [1.29, 1.82) is 0 Å². The van der Waals surface area contributed by atoms with Gasteiger partial charge >= 0.3 is 0 Å². The molecule has 0 unspecified atom stereocenters. The van der Waals surface area contributed by atoms with Crippen molar-refractivity contribution in [1.82, 2.24) is 0 Å². The van der Waals surface area contributed by atoms with E-state index in [1.54, 1.807) is 7.11 Å². The molecule has 2 fully saturated rings. The number of ether oxygens (including phenoxy) is 3. The summed E-state index contributed by atoms with van der Waals surface area (Å²) in [5.74, 6) is 0.343. The van der Waals surface area contributed by atoms with Gasteiger partial charge in [0, 0.05) is 30.2 Å². The largest absolute Gasteiger partial charge is 0.497 e. The second-order valence-corrected chi connectivity index (χ2v) is 7.53. The summed E-state index contributed by atoms with van der Waals surface area (Å²) in [5.41, 5.74) is 2.43. The minimum absolute atomic E-state index is 0.0584. The molecule has 2 aromatic carbocycles. The molecule has 0 radical (unpaired) electrons. The molecule has 0 aromatic heterocycles. The van der Waals surface area contributed by atoms with Gasteiger partial charge in [-0.25, -0.2) is 0 Å². The Morgan fingerprint density at radius 2 is 1.70 bits per heavy atom. The average molecular weight is 365 g/mol. The van der Waals surface area contributed by atoms with Gasteiger partial charge in [0.2, 0.25) is 0 Å². The SMILES string of the molecule is COc1cccc(N2C(=O)c3ccccc3C23CCC2(CC3)OCCO2)c1. The first-order valence-corrected chi connectivity index (χ1v) is 9.54. The zero-order valence-corrected chi connectivity index (χ0v) is 15.4. The highest BCUT2D eigenvalue weighted by Crippen LogP contribution is 2.54. The lowest BCUT2D eigenvalue weighted by Crippen LogP contribution is -2.50. The van der Waals surface area contributed by atoms with E-state index in [-0.39, 0.29) is 11.4 Å². The fraction of sp³-hybridized carbons (Fsp3) is 0.409. The summed E-state index contributed by atoms with van der Waals surface area (Å²) in [6, 6.07) is 15.8. The predicted molar refractivity (Wildman–Crippen MR) is 101 cm³/mol. The van der Waals surface area contributed by atoms with Gasteiger partial charge in [0.05, 0.1) is 25.9 Å². The summed E-state index contributed by atoms with van der Waals surface area (Å²) in [6.07, 6.45) is 3.20. The second kappa shape index (κ2) is 6.08. The Balaban J connectivity index is 1.60. The van der Waals surface area contributed by atoms with Crippen LogP contribution >= 0.6 is 0 Å². The Bertz CT molecular complexity index is 877. The number of fused-ring (bicyclic) bond motifs is 2. The molecule has 1 saturated carbocycles. The number of nitrogens with zero attached hydrogens (tertiary/aromatic N) is 1. The molecule has 0 atom stereocenters. The molecule has 5 heteroatoms. The number of hydrogen-bond donors (Lipinski definition) is 0. The van der Waals surface area contributed by atoms with E-state index in [1.807, 2.05) is 47.4 Å². The quantitative estimate of drug-likeness (QED) is 0.811. The number of rotatable bonds is 2. The number of carbonyl (C=O) groups excluding carboxylic acids is 1. The number of anilines is 1. The molecule has 1 saturated heterocycles. The van der Waals surface area contributed by atoms with Crippen LogP contribution in [0.25, 0.3) is 0 Å². The van der Waals surface area contributed by atoms with Crippen LogP contribution < -0.4 is 9.64 Å². The Morgan fingerprint density at radius 3 is 2.44 bits per heavy atom. The van der Waals surface area contributed by atoms with Gasteiger partial charge < -0.3 is 14.2 Å². The molecule has 2 aliphatic heterocycles. The van der Waals surface area contributed by atoms with Crippen molar-refractivity contribution in [3.05, 3.63) is 59.7 Å². The van der Waals surface area contributed by atoms with E-state index < -0.39 is 5.79 Å². The van der Waals surface area contributed by atoms with Crippen LogP contribution in [0.15, 0.2) is 48.5 Å². The monoisotopic (exact) mass is 365 g/mol. The van der Waals surface area contributed by atoms with E-state index in [9.17, 15) is 4.79 Å². The number of benzene rings is 2. The maximum atomic E-state index is 13.4. The van der Waals surface area contributed by atoms with Crippen molar-refractivity contribution in [3.8, 4) is 5.75 Å². The highest BCUT2D eigenvalue weighted by Gasteiger charge is 2.55. The van der Waals surface area contributed by atoms with Gasteiger partial charge in [-0.3, -0.25) is 9.69 Å². The number of amides is 1. The van der Waals surface area contributed by atoms with E-state index in [0.29, 0.717) is 13.2 Å². The third-order valence-electron chi connectivity index (χ3n) is 6.25. The Hall–Kier alpha value is -2.37. The lowest BCUT2D eigenvalue weighted by Gasteiger charge is -2.46. The van der Waals surface area contributed by atoms with Gasteiger partial charge in [-0.2, -0.15) is 0 Å². The zero-order valence-electron chi connectivity index (χ0n) is 15.4. The average Bonchev–Trinajstić information content (AvgIpc) is 3.27. The molecule has 27 heavy (non-hydrogen) atoms. The van der Waals surface area contributed by atoms with Crippen molar-refractivity contribution < 1.29 is 19.0 Å². The molecular formula is C22H23NO4. The van der Waals surface area contributed by atoms with Crippen molar-refractivity contribution in [3.63, 3.8) is 0 Å². The highest BCUT2D eigenvalue weighted by atomic mass is 16.7. The van der Waals surface area contributed by atoms with Crippen LogP contribution in [-0.4, -0.2) is 32.0 Å². The van der Waals surface area contributed by atoms with Crippen LogP contribution in [0.3, 0.4) is 0 Å². The molecule has 5 rings (SSSR count). The van der Waals surface area contributed by atoms with E-state index in [1.165, 1.54) is 0 Å². The van der Waals surface area contributed by atoms with Crippen LogP contribution in [0.4, 0.5) is 5.69 Å². The Labute approximate surface area is 158 Å². The first-order chi connectivity index (χ1) is 13.2. The van der Waals surface area contributed by atoms with Gasteiger partial charge in [0.25, 0.3) is 5.91 Å². The third-order valence-corrected chi connectivity index (χ3v) is 6.25. The highest BCUT2D eigenvalue weighted by molar-refractivity contribution is 6.12. The fourth-order valence-electron chi connectivity index (χ4n) is 4.95. The van der Waals surface area contributed by atoms with Crippen molar-refractivity contribution in [2.24, 2.45) is 0 Å². The summed E-state index contributed by atoms with van der Waals surface area (Å²) in [6.45, 7) is 1.31. The molecule has 2 heterocycles. The lowest BCUT2D eigenvalue weighted by atomic mass is 9.74. The zero-order chi connectivity index (χ0) is 18.5. The molecule has 2 spiro atoms. The fourth-order valence-corrected chi connectivity index (χ4v) is 4.95. The van der Waals surface area contributed by atoms with Crippen molar-refractivity contribution >= 4 is 11.6 Å². The van der Waals surface area contributed by atoms with Crippen LogP contribution in [0.5, 0.6) is 5.75 Å². The van der Waals surface area contributed by atoms with Crippen LogP contribution in [0.1, 0.15) is 41.6 Å². The molecular weight excluding hydrogens is 342 g/mol. The smallest absolute Gasteiger partial charge is 0.259 e. The minimum Gasteiger partial charge on any atom is -0.497 e. The maximum Gasteiger partial charge on any atom is 0.259 e.